The standard InChI is InChI=1S/C35H39N5O3S/c1-22-26(7-6-8-29(22)38-32(41)24-10-12-25(13-11-24)35(2,3)4)31-21-39(5)34(43)30(37-31)20-23-9-14-27(28(36)19-23)33(42)40-15-17-44-18-16-40/h6-14,19,21H,15-18,20,36H2,1-5H3,(H,38,41). The Labute approximate surface area is 262 Å². The van der Waals surface area contributed by atoms with Gasteiger partial charge in [0.1, 0.15) is 5.69 Å². The summed E-state index contributed by atoms with van der Waals surface area (Å²) >= 11 is 1.84. The fourth-order valence-electron chi connectivity index (χ4n) is 5.32. The fourth-order valence-corrected chi connectivity index (χ4v) is 6.23. The van der Waals surface area contributed by atoms with Crippen molar-refractivity contribution < 1.29 is 9.59 Å². The highest BCUT2D eigenvalue weighted by atomic mass is 32.2. The van der Waals surface area contributed by atoms with Crippen molar-refractivity contribution in [1.29, 1.82) is 0 Å². The second kappa shape index (κ2) is 12.7. The van der Waals surface area contributed by atoms with E-state index in [0.29, 0.717) is 47.0 Å². The lowest BCUT2D eigenvalue weighted by Crippen LogP contribution is -2.38. The molecular weight excluding hydrogens is 570 g/mol. The van der Waals surface area contributed by atoms with Crippen molar-refractivity contribution in [2.75, 3.05) is 35.6 Å². The van der Waals surface area contributed by atoms with Gasteiger partial charge in [-0.1, -0.05) is 51.1 Å². The lowest BCUT2D eigenvalue weighted by atomic mass is 9.86. The maximum atomic E-state index is 13.1. The van der Waals surface area contributed by atoms with Crippen LogP contribution in [0.3, 0.4) is 0 Å². The summed E-state index contributed by atoms with van der Waals surface area (Å²) in [5.41, 5.74) is 12.8. The number of nitrogens with one attached hydrogen (secondary N) is 1. The monoisotopic (exact) mass is 609 g/mol. The summed E-state index contributed by atoms with van der Waals surface area (Å²) in [6.45, 7) is 9.77. The maximum Gasteiger partial charge on any atom is 0.272 e. The third kappa shape index (κ3) is 6.73. The molecular formula is C35H39N5O3S. The number of aromatic nitrogens is 2. The number of nitrogens with zero attached hydrogens (tertiary/aromatic N) is 3. The first-order valence-electron chi connectivity index (χ1n) is 14.8. The Morgan fingerprint density at radius 2 is 1.73 bits per heavy atom. The van der Waals surface area contributed by atoms with E-state index in [-0.39, 0.29) is 29.2 Å². The van der Waals surface area contributed by atoms with Crippen LogP contribution in [0, 0.1) is 6.92 Å². The number of carbonyl (C=O) groups excluding carboxylic acids is 2. The Balaban J connectivity index is 1.38. The van der Waals surface area contributed by atoms with Crippen molar-refractivity contribution in [3.8, 4) is 11.3 Å². The molecule has 3 aromatic carbocycles. The number of hydrogen-bond donors (Lipinski definition) is 2. The number of aryl methyl sites for hydroxylation is 1. The molecule has 1 aromatic heterocycles. The predicted octanol–water partition coefficient (Wildman–Crippen LogP) is 5.67. The van der Waals surface area contributed by atoms with Crippen LogP contribution in [0.2, 0.25) is 0 Å². The highest BCUT2D eigenvalue weighted by Gasteiger charge is 2.21. The van der Waals surface area contributed by atoms with E-state index in [4.69, 9.17) is 10.7 Å². The number of benzene rings is 3. The normalized spacial score (nSPS) is 13.5. The smallest absolute Gasteiger partial charge is 0.272 e. The van der Waals surface area contributed by atoms with Crippen molar-refractivity contribution in [2.24, 2.45) is 7.05 Å². The SMILES string of the molecule is Cc1c(NC(=O)c2ccc(C(C)(C)C)cc2)cccc1-c1cn(C)c(=O)c(Cc2ccc(C(=O)N3CCSCC3)c(N)c2)n1. The number of amides is 2. The molecule has 1 saturated heterocycles. The first-order chi connectivity index (χ1) is 20.9. The highest BCUT2D eigenvalue weighted by Crippen LogP contribution is 2.29. The fraction of sp³-hybridized carbons (Fsp3) is 0.314. The van der Waals surface area contributed by atoms with Gasteiger partial charge in [0, 0.05) is 66.8 Å². The van der Waals surface area contributed by atoms with Crippen molar-refractivity contribution in [2.45, 2.75) is 39.5 Å². The van der Waals surface area contributed by atoms with Crippen LogP contribution in [-0.2, 0) is 18.9 Å². The minimum Gasteiger partial charge on any atom is -0.398 e. The summed E-state index contributed by atoms with van der Waals surface area (Å²) in [4.78, 5) is 45.8. The van der Waals surface area contributed by atoms with E-state index in [1.807, 2.05) is 72.1 Å². The molecule has 0 spiro atoms. The Morgan fingerprint density at radius 3 is 2.39 bits per heavy atom. The number of nitrogens with two attached hydrogens (primary N) is 1. The van der Waals surface area contributed by atoms with Gasteiger partial charge in [0.25, 0.3) is 17.4 Å². The van der Waals surface area contributed by atoms with Crippen LogP contribution in [0.25, 0.3) is 11.3 Å². The summed E-state index contributed by atoms with van der Waals surface area (Å²) in [5, 5.41) is 3.04. The summed E-state index contributed by atoms with van der Waals surface area (Å²) in [6, 6.07) is 18.7. The van der Waals surface area contributed by atoms with Gasteiger partial charge in [-0.3, -0.25) is 14.4 Å². The average Bonchev–Trinajstić information content (AvgIpc) is 3.00. The topological polar surface area (TPSA) is 110 Å². The lowest BCUT2D eigenvalue weighted by molar-refractivity contribution is 0.0773. The number of carbonyl (C=O) groups is 2. The van der Waals surface area contributed by atoms with Crippen molar-refractivity contribution >= 4 is 35.0 Å². The van der Waals surface area contributed by atoms with Gasteiger partial charge in [-0.2, -0.15) is 11.8 Å². The molecule has 9 heteroatoms. The minimum atomic E-state index is -0.209. The number of anilines is 2. The van der Waals surface area contributed by atoms with E-state index in [2.05, 4.69) is 26.1 Å². The summed E-state index contributed by atoms with van der Waals surface area (Å²) in [6.07, 6.45) is 1.97. The Hall–Kier alpha value is -4.37. The summed E-state index contributed by atoms with van der Waals surface area (Å²) < 4.78 is 1.52. The molecule has 0 bridgehead atoms. The molecule has 8 nitrogen and oxygen atoms in total. The van der Waals surface area contributed by atoms with Gasteiger partial charge in [-0.25, -0.2) is 4.98 Å². The van der Waals surface area contributed by atoms with Crippen molar-refractivity contribution in [3.05, 3.63) is 111 Å². The molecule has 1 aliphatic heterocycles. The van der Waals surface area contributed by atoms with Gasteiger partial charge >= 0.3 is 0 Å². The third-order valence-electron chi connectivity index (χ3n) is 8.03. The molecule has 0 aliphatic carbocycles. The molecule has 228 valence electrons. The van der Waals surface area contributed by atoms with E-state index in [9.17, 15) is 14.4 Å². The maximum absolute atomic E-state index is 13.1. The van der Waals surface area contributed by atoms with E-state index >= 15 is 0 Å². The summed E-state index contributed by atoms with van der Waals surface area (Å²) in [5.74, 6) is 1.60. The van der Waals surface area contributed by atoms with Crippen molar-refractivity contribution in [1.82, 2.24) is 14.5 Å². The molecule has 0 saturated carbocycles. The largest absolute Gasteiger partial charge is 0.398 e. The van der Waals surface area contributed by atoms with Crippen LogP contribution in [0.15, 0.2) is 71.7 Å². The van der Waals surface area contributed by atoms with Crippen LogP contribution in [0.1, 0.15) is 63.9 Å². The second-order valence-corrected chi connectivity index (χ2v) is 13.5. The molecule has 44 heavy (non-hydrogen) atoms. The lowest BCUT2D eigenvalue weighted by Gasteiger charge is -2.27. The zero-order valence-corrected chi connectivity index (χ0v) is 26.8. The van der Waals surface area contributed by atoms with E-state index < -0.39 is 0 Å². The zero-order chi connectivity index (χ0) is 31.6. The van der Waals surface area contributed by atoms with Gasteiger partial charge in [0.15, 0.2) is 0 Å². The van der Waals surface area contributed by atoms with E-state index in [1.165, 1.54) is 4.57 Å². The van der Waals surface area contributed by atoms with Gasteiger partial charge in [0.05, 0.1) is 11.3 Å². The van der Waals surface area contributed by atoms with Crippen molar-refractivity contribution in [3.63, 3.8) is 0 Å². The quantitative estimate of drug-likeness (QED) is 0.273. The van der Waals surface area contributed by atoms with Crippen LogP contribution in [0.5, 0.6) is 0 Å². The molecule has 1 fully saturated rings. The average molecular weight is 610 g/mol. The number of rotatable bonds is 6. The van der Waals surface area contributed by atoms with Gasteiger partial charge in [-0.15, -0.1) is 0 Å². The molecule has 0 unspecified atom stereocenters. The molecule has 0 radical (unpaired) electrons. The van der Waals surface area contributed by atoms with E-state index in [1.54, 1.807) is 25.4 Å². The minimum absolute atomic E-state index is 0.00285. The van der Waals surface area contributed by atoms with Crippen LogP contribution in [0.4, 0.5) is 11.4 Å². The third-order valence-corrected chi connectivity index (χ3v) is 8.97. The molecule has 1 aliphatic rings. The molecule has 2 amide bonds. The highest BCUT2D eigenvalue weighted by molar-refractivity contribution is 7.99. The van der Waals surface area contributed by atoms with Crippen LogP contribution in [-0.4, -0.2) is 50.9 Å². The molecule has 0 atom stereocenters. The van der Waals surface area contributed by atoms with Gasteiger partial charge < -0.3 is 20.5 Å². The Morgan fingerprint density at radius 1 is 1.02 bits per heavy atom. The zero-order valence-electron chi connectivity index (χ0n) is 25.9. The molecule has 2 heterocycles. The first kappa shape index (κ1) is 31.1. The Bertz CT molecular complexity index is 1770. The number of hydrogen-bond acceptors (Lipinski definition) is 6. The Kier molecular flexibility index (Phi) is 8.97. The number of thioether (sulfide) groups is 1. The summed E-state index contributed by atoms with van der Waals surface area (Å²) in [7, 11) is 1.70. The van der Waals surface area contributed by atoms with Crippen LogP contribution < -0.4 is 16.6 Å². The second-order valence-electron chi connectivity index (χ2n) is 12.3. The molecule has 4 aromatic rings. The van der Waals surface area contributed by atoms with Crippen LogP contribution >= 0.6 is 11.8 Å². The molecule has 3 N–H and O–H groups in total. The number of nitrogen functional groups attached to an aromatic ring is 1. The van der Waals surface area contributed by atoms with Gasteiger partial charge in [0.2, 0.25) is 0 Å². The predicted molar refractivity (Wildman–Crippen MR) is 180 cm³/mol. The first-order valence-corrected chi connectivity index (χ1v) is 15.9. The van der Waals surface area contributed by atoms with E-state index in [0.717, 1.165) is 33.8 Å². The van der Waals surface area contributed by atoms with Gasteiger partial charge in [-0.05, 0) is 59.4 Å². The molecule has 5 rings (SSSR count).